The molecule has 3 N–H and O–H groups in total. The molecule has 1 aromatic heterocycles. The van der Waals surface area contributed by atoms with Crippen LogP contribution in [0.25, 0.3) is 0 Å². The third-order valence-electron chi connectivity index (χ3n) is 2.15. The summed E-state index contributed by atoms with van der Waals surface area (Å²) in [5, 5.41) is 10.9. The lowest BCUT2D eigenvalue weighted by Crippen LogP contribution is -2.27. The number of anilines is 2. The van der Waals surface area contributed by atoms with Crippen molar-refractivity contribution in [3.05, 3.63) is 0 Å². The summed E-state index contributed by atoms with van der Waals surface area (Å²) in [6, 6.07) is 0. The van der Waals surface area contributed by atoms with Gasteiger partial charge in [0, 0.05) is 5.92 Å². The second kappa shape index (κ2) is 3.29. The molecular formula is C7H10N4OS. The normalized spacial score (nSPS) is 16.6. The second-order valence-corrected chi connectivity index (χ2v) is 4.07. The summed E-state index contributed by atoms with van der Waals surface area (Å²) in [7, 11) is 0. The molecule has 1 amide bonds. The van der Waals surface area contributed by atoms with Crippen LogP contribution in [0.4, 0.5) is 10.3 Å². The lowest BCUT2D eigenvalue weighted by Gasteiger charge is -2.23. The molecule has 1 aromatic rings. The maximum absolute atomic E-state index is 11.4. The van der Waals surface area contributed by atoms with E-state index in [0.29, 0.717) is 10.3 Å². The fraction of sp³-hybridized carbons (Fsp3) is 0.571. The number of nitrogens with zero attached hydrogens (tertiary/aromatic N) is 2. The highest BCUT2D eigenvalue weighted by Gasteiger charge is 2.25. The molecule has 13 heavy (non-hydrogen) atoms. The third kappa shape index (κ3) is 1.77. The Balaban J connectivity index is 1.93. The van der Waals surface area contributed by atoms with Gasteiger partial charge in [-0.05, 0) is 12.8 Å². The van der Waals surface area contributed by atoms with E-state index in [4.69, 9.17) is 5.73 Å². The quantitative estimate of drug-likeness (QED) is 0.738. The average Bonchev–Trinajstić information content (AvgIpc) is 2.31. The van der Waals surface area contributed by atoms with Crippen molar-refractivity contribution in [3.8, 4) is 0 Å². The van der Waals surface area contributed by atoms with Crippen molar-refractivity contribution >= 4 is 27.5 Å². The molecule has 0 aliphatic heterocycles. The smallest absolute Gasteiger partial charge is 0.229 e. The first-order valence-corrected chi connectivity index (χ1v) is 4.97. The van der Waals surface area contributed by atoms with E-state index >= 15 is 0 Å². The summed E-state index contributed by atoms with van der Waals surface area (Å²) in [6.07, 6.45) is 3.12. The van der Waals surface area contributed by atoms with E-state index in [0.717, 1.165) is 19.3 Å². The van der Waals surface area contributed by atoms with E-state index in [1.54, 1.807) is 0 Å². The van der Waals surface area contributed by atoms with Gasteiger partial charge in [-0.3, -0.25) is 4.79 Å². The SMILES string of the molecule is Nc1nnc(NC(=O)C2CCC2)s1. The number of nitrogens with one attached hydrogen (secondary N) is 1. The molecule has 6 heteroatoms. The fourth-order valence-electron chi connectivity index (χ4n) is 1.16. The maximum Gasteiger partial charge on any atom is 0.229 e. The first-order chi connectivity index (χ1) is 6.25. The van der Waals surface area contributed by atoms with Gasteiger partial charge in [0.15, 0.2) is 0 Å². The highest BCUT2D eigenvalue weighted by molar-refractivity contribution is 7.18. The zero-order valence-corrected chi connectivity index (χ0v) is 7.80. The summed E-state index contributed by atoms with van der Waals surface area (Å²) >= 11 is 1.19. The molecule has 1 fully saturated rings. The first kappa shape index (κ1) is 8.43. The van der Waals surface area contributed by atoms with Gasteiger partial charge in [-0.2, -0.15) is 0 Å². The summed E-state index contributed by atoms with van der Waals surface area (Å²) in [4.78, 5) is 11.4. The van der Waals surface area contributed by atoms with Crippen molar-refractivity contribution in [2.75, 3.05) is 11.1 Å². The van der Waals surface area contributed by atoms with Gasteiger partial charge in [-0.1, -0.05) is 17.8 Å². The Kier molecular flexibility index (Phi) is 2.13. The topological polar surface area (TPSA) is 80.9 Å². The molecule has 0 saturated heterocycles. The van der Waals surface area contributed by atoms with Gasteiger partial charge in [0.2, 0.25) is 16.2 Å². The number of carbonyl (C=O) groups is 1. The molecule has 0 unspecified atom stereocenters. The number of amides is 1. The van der Waals surface area contributed by atoms with Gasteiger partial charge in [0.1, 0.15) is 0 Å². The van der Waals surface area contributed by atoms with Crippen molar-refractivity contribution in [1.29, 1.82) is 0 Å². The number of nitrogen functional groups attached to an aromatic ring is 1. The van der Waals surface area contributed by atoms with Crippen LogP contribution in [0.15, 0.2) is 0 Å². The van der Waals surface area contributed by atoms with E-state index in [1.165, 1.54) is 11.3 Å². The number of aromatic nitrogens is 2. The van der Waals surface area contributed by atoms with Crippen molar-refractivity contribution in [2.45, 2.75) is 19.3 Å². The molecule has 0 bridgehead atoms. The molecule has 0 spiro atoms. The van der Waals surface area contributed by atoms with Gasteiger partial charge in [-0.15, -0.1) is 10.2 Å². The van der Waals surface area contributed by atoms with Crippen molar-refractivity contribution < 1.29 is 4.79 Å². The second-order valence-electron chi connectivity index (χ2n) is 3.06. The molecule has 1 saturated carbocycles. The van der Waals surface area contributed by atoms with Gasteiger partial charge in [-0.25, -0.2) is 0 Å². The molecule has 0 atom stereocenters. The van der Waals surface area contributed by atoms with Crippen molar-refractivity contribution in [2.24, 2.45) is 5.92 Å². The summed E-state index contributed by atoms with van der Waals surface area (Å²) in [6.45, 7) is 0. The summed E-state index contributed by atoms with van der Waals surface area (Å²) in [5.41, 5.74) is 5.37. The molecule has 1 aliphatic carbocycles. The Bertz CT molecular complexity index is 320. The molecule has 2 rings (SSSR count). The largest absolute Gasteiger partial charge is 0.374 e. The van der Waals surface area contributed by atoms with Gasteiger partial charge >= 0.3 is 0 Å². The van der Waals surface area contributed by atoms with Gasteiger partial charge < -0.3 is 11.1 Å². The predicted molar refractivity (Wildman–Crippen MR) is 50.3 cm³/mol. The Morgan fingerprint density at radius 3 is 2.77 bits per heavy atom. The van der Waals surface area contributed by atoms with Crippen LogP contribution in [0.2, 0.25) is 0 Å². The minimum atomic E-state index is 0.0439. The molecule has 1 aliphatic rings. The van der Waals surface area contributed by atoms with Crippen molar-refractivity contribution in [3.63, 3.8) is 0 Å². The monoisotopic (exact) mass is 198 g/mol. The molecule has 70 valence electrons. The molecule has 1 heterocycles. The van der Waals surface area contributed by atoms with Crippen LogP contribution in [0.1, 0.15) is 19.3 Å². The van der Waals surface area contributed by atoms with E-state index in [1.807, 2.05) is 0 Å². The zero-order valence-electron chi connectivity index (χ0n) is 6.99. The van der Waals surface area contributed by atoms with Crippen molar-refractivity contribution in [1.82, 2.24) is 10.2 Å². The Labute approximate surface area is 79.3 Å². The Morgan fingerprint density at radius 2 is 2.31 bits per heavy atom. The van der Waals surface area contributed by atoms with Crippen LogP contribution in [-0.2, 0) is 4.79 Å². The number of carbonyl (C=O) groups excluding carboxylic acids is 1. The number of nitrogens with two attached hydrogens (primary N) is 1. The van der Waals surface area contributed by atoms with Gasteiger partial charge in [0.25, 0.3) is 0 Å². The van der Waals surface area contributed by atoms with Crippen LogP contribution in [0.5, 0.6) is 0 Å². The maximum atomic E-state index is 11.4. The summed E-state index contributed by atoms with van der Waals surface area (Å²) in [5.74, 6) is 0.215. The minimum Gasteiger partial charge on any atom is -0.374 e. The minimum absolute atomic E-state index is 0.0439. The van der Waals surface area contributed by atoms with E-state index in [2.05, 4.69) is 15.5 Å². The van der Waals surface area contributed by atoms with Crippen LogP contribution in [0, 0.1) is 5.92 Å². The van der Waals surface area contributed by atoms with Gasteiger partial charge in [0.05, 0.1) is 0 Å². The lowest BCUT2D eigenvalue weighted by molar-refractivity contribution is -0.122. The van der Waals surface area contributed by atoms with E-state index < -0.39 is 0 Å². The van der Waals surface area contributed by atoms with Crippen LogP contribution >= 0.6 is 11.3 Å². The zero-order chi connectivity index (χ0) is 9.26. The van der Waals surface area contributed by atoms with E-state index in [-0.39, 0.29) is 11.8 Å². The fourth-order valence-corrected chi connectivity index (χ4v) is 1.68. The van der Waals surface area contributed by atoms with Crippen LogP contribution in [-0.4, -0.2) is 16.1 Å². The summed E-state index contributed by atoms with van der Waals surface area (Å²) < 4.78 is 0. The molecule has 0 radical (unpaired) electrons. The highest BCUT2D eigenvalue weighted by atomic mass is 32.1. The predicted octanol–water partition coefficient (Wildman–Crippen LogP) is 0.859. The molecule has 0 aromatic carbocycles. The Morgan fingerprint density at radius 1 is 1.54 bits per heavy atom. The molecular weight excluding hydrogens is 188 g/mol. The first-order valence-electron chi connectivity index (χ1n) is 4.15. The molecule has 5 nitrogen and oxygen atoms in total. The van der Waals surface area contributed by atoms with Crippen LogP contribution in [0.3, 0.4) is 0 Å². The Hall–Kier alpha value is -1.17. The standard InChI is InChI=1S/C7H10N4OS/c8-6-10-11-7(13-6)9-5(12)4-2-1-3-4/h4H,1-3H2,(H2,8,10)(H,9,11,12). The number of rotatable bonds is 2. The van der Waals surface area contributed by atoms with Crippen LogP contribution < -0.4 is 11.1 Å². The highest BCUT2D eigenvalue weighted by Crippen LogP contribution is 2.28. The van der Waals surface area contributed by atoms with E-state index in [9.17, 15) is 4.79 Å². The third-order valence-corrected chi connectivity index (χ3v) is 2.81. The number of hydrogen-bond acceptors (Lipinski definition) is 5. The lowest BCUT2D eigenvalue weighted by atomic mass is 9.85. The number of hydrogen-bond donors (Lipinski definition) is 2. The average molecular weight is 198 g/mol.